The zero-order valence-corrected chi connectivity index (χ0v) is 22.9. The molecule has 3 heterocycles. The van der Waals surface area contributed by atoms with E-state index in [1.807, 2.05) is 53.1 Å². The third-order valence-electron chi connectivity index (χ3n) is 7.48. The van der Waals surface area contributed by atoms with Crippen LogP contribution in [0.25, 0.3) is 22.2 Å². The fourth-order valence-electron chi connectivity index (χ4n) is 5.15. The number of piperazine rings is 1. The van der Waals surface area contributed by atoms with E-state index < -0.39 is 0 Å². The lowest BCUT2D eigenvalue weighted by Gasteiger charge is -2.34. The molecule has 0 unspecified atom stereocenters. The fourth-order valence-corrected chi connectivity index (χ4v) is 5.15. The largest absolute Gasteiger partial charge is 0.494 e. The van der Waals surface area contributed by atoms with E-state index in [-0.39, 0.29) is 18.1 Å². The van der Waals surface area contributed by atoms with Crippen molar-refractivity contribution in [3.8, 4) is 17.0 Å². The van der Waals surface area contributed by atoms with E-state index in [2.05, 4.69) is 30.8 Å². The summed E-state index contributed by atoms with van der Waals surface area (Å²) in [6.45, 7) is 6.45. The number of fused-ring (bicyclic) bond motifs is 1. The summed E-state index contributed by atoms with van der Waals surface area (Å²) in [5, 5.41) is 0.967. The van der Waals surface area contributed by atoms with Gasteiger partial charge in [0.15, 0.2) is 0 Å². The van der Waals surface area contributed by atoms with Crippen molar-refractivity contribution in [1.82, 2.24) is 24.4 Å². The lowest BCUT2D eigenvalue weighted by Crippen LogP contribution is -2.47. The van der Waals surface area contributed by atoms with Gasteiger partial charge in [-0.1, -0.05) is 30.3 Å². The standard InChI is InChI=1S/C30H34N6O2.ClH/c37-30-33-28(24-7-2-1-3-8-24)26-21-25(11-12-27(26)36(30)22-23-9-10-23)38-20-5-4-15-34-16-18-35(19-17-34)29-31-13-6-14-32-29;/h1-3,6-8,11-14,21,23H,4-5,9-10,15-20,22H2;1H. The second kappa shape index (κ2) is 12.6. The Bertz CT molecular complexity index is 1420. The van der Waals surface area contributed by atoms with Crippen molar-refractivity contribution >= 4 is 29.3 Å². The highest BCUT2D eigenvalue weighted by Crippen LogP contribution is 2.33. The van der Waals surface area contributed by atoms with Gasteiger partial charge in [-0.2, -0.15) is 4.98 Å². The molecule has 0 radical (unpaired) electrons. The first-order valence-electron chi connectivity index (χ1n) is 13.7. The molecular weight excluding hydrogens is 512 g/mol. The molecule has 0 amide bonds. The molecule has 8 nitrogen and oxygen atoms in total. The van der Waals surface area contributed by atoms with Crippen molar-refractivity contribution in [2.75, 3.05) is 44.2 Å². The van der Waals surface area contributed by atoms with Crippen LogP contribution in [0, 0.1) is 5.92 Å². The molecule has 204 valence electrons. The molecule has 0 spiro atoms. The van der Waals surface area contributed by atoms with Crippen LogP contribution >= 0.6 is 12.4 Å². The van der Waals surface area contributed by atoms with Gasteiger partial charge in [-0.25, -0.2) is 14.8 Å². The molecule has 2 aliphatic rings. The molecule has 1 aliphatic heterocycles. The van der Waals surface area contributed by atoms with E-state index in [1.54, 1.807) is 12.4 Å². The normalized spacial score (nSPS) is 15.7. The number of anilines is 1. The SMILES string of the molecule is Cl.O=c1nc(-c2ccccc2)c2cc(OCCCCN3CCN(c4ncccn4)CC3)ccc2n1CC1CC1. The highest BCUT2D eigenvalue weighted by atomic mass is 35.5. The van der Waals surface area contributed by atoms with Crippen LogP contribution < -0.4 is 15.3 Å². The van der Waals surface area contributed by atoms with Gasteiger partial charge >= 0.3 is 5.69 Å². The quantitative estimate of drug-likeness (QED) is 0.268. The Morgan fingerprint density at radius 1 is 0.897 bits per heavy atom. The number of unbranched alkanes of at least 4 members (excludes halogenated alkanes) is 1. The van der Waals surface area contributed by atoms with Crippen molar-refractivity contribution in [2.45, 2.75) is 32.2 Å². The maximum atomic E-state index is 12.9. The van der Waals surface area contributed by atoms with Gasteiger partial charge in [-0.15, -0.1) is 12.4 Å². The molecule has 1 aliphatic carbocycles. The minimum Gasteiger partial charge on any atom is -0.494 e. The van der Waals surface area contributed by atoms with Gasteiger partial charge in [0.25, 0.3) is 0 Å². The highest BCUT2D eigenvalue weighted by molar-refractivity contribution is 5.93. The van der Waals surface area contributed by atoms with Crippen LogP contribution in [0.4, 0.5) is 5.95 Å². The average Bonchev–Trinajstić information content (AvgIpc) is 3.80. The Balaban J connectivity index is 0.00000308. The number of benzene rings is 2. The maximum Gasteiger partial charge on any atom is 0.348 e. The number of nitrogens with zero attached hydrogens (tertiary/aromatic N) is 6. The summed E-state index contributed by atoms with van der Waals surface area (Å²) in [4.78, 5) is 31.0. The van der Waals surface area contributed by atoms with Crippen molar-refractivity contribution in [1.29, 1.82) is 0 Å². The minimum absolute atomic E-state index is 0. The molecule has 6 rings (SSSR count). The van der Waals surface area contributed by atoms with Gasteiger partial charge in [0.1, 0.15) is 5.75 Å². The second-order valence-corrected chi connectivity index (χ2v) is 10.3. The third kappa shape index (κ3) is 6.57. The van der Waals surface area contributed by atoms with Gasteiger partial charge < -0.3 is 9.64 Å². The first-order chi connectivity index (χ1) is 18.7. The molecule has 2 aromatic heterocycles. The summed E-state index contributed by atoms with van der Waals surface area (Å²) in [6.07, 6.45) is 8.06. The van der Waals surface area contributed by atoms with Crippen LogP contribution in [0.2, 0.25) is 0 Å². The van der Waals surface area contributed by atoms with Gasteiger partial charge in [0.05, 0.1) is 17.8 Å². The van der Waals surface area contributed by atoms with Crippen LogP contribution in [-0.4, -0.2) is 63.7 Å². The van der Waals surface area contributed by atoms with Gasteiger partial charge in [-0.3, -0.25) is 9.47 Å². The van der Waals surface area contributed by atoms with Crippen molar-refractivity contribution in [3.63, 3.8) is 0 Å². The third-order valence-corrected chi connectivity index (χ3v) is 7.48. The highest BCUT2D eigenvalue weighted by Gasteiger charge is 2.24. The molecule has 0 atom stereocenters. The summed E-state index contributed by atoms with van der Waals surface area (Å²) in [6, 6.07) is 17.9. The Hall–Kier alpha value is -3.49. The van der Waals surface area contributed by atoms with Crippen LogP contribution in [0.3, 0.4) is 0 Å². The molecular formula is C30H35ClN6O2. The van der Waals surface area contributed by atoms with Crippen LogP contribution in [0.15, 0.2) is 71.8 Å². The summed E-state index contributed by atoms with van der Waals surface area (Å²) < 4.78 is 8.01. The molecule has 1 saturated carbocycles. The lowest BCUT2D eigenvalue weighted by molar-refractivity contribution is 0.238. The Morgan fingerprint density at radius 3 is 2.41 bits per heavy atom. The topological polar surface area (TPSA) is 76.4 Å². The Labute approximate surface area is 235 Å². The summed E-state index contributed by atoms with van der Waals surface area (Å²) in [5.74, 6) is 2.24. The molecule has 0 bridgehead atoms. The van der Waals surface area contributed by atoms with Crippen LogP contribution in [0.5, 0.6) is 5.75 Å². The fraction of sp³-hybridized carbons (Fsp3) is 0.400. The van der Waals surface area contributed by atoms with E-state index in [0.29, 0.717) is 12.5 Å². The lowest BCUT2D eigenvalue weighted by atomic mass is 10.1. The minimum atomic E-state index is -0.172. The molecule has 39 heavy (non-hydrogen) atoms. The summed E-state index contributed by atoms with van der Waals surface area (Å²) in [7, 11) is 0. The zero-order chi connectivity index (χ0) is 25.7. The number of ether oxygens (including phenoxy) is 1. The Morgan fingerprint density at radius 2 is 1.67 bits per heavy atom. The van der Waals surface area contributed by atoms with Crippen LogP contribution in [-0.2, 0) is 6.54 Å². The first kappa shape index (κ1) is 27.1. The molecule has 2 fully saturated rings. The molecule has 2 aromatic carbocycles. The first-order valence-corrected chi connectivity index (χ1v) is 13.7. The number of rotatable bonds is 10. The zero-order valence-electron chi connectivity index (χ0n) is 22.1. The van der Waals surface area contributed by atoms with Crippen molar-refractivity contribution < 1.29 is 4.74 Å². The molecule has 9 heteroatoms. The number of aromatic nitrogens is 4. The average molecular weight is 547 g/mol. The van der Waals surface area contributed by atoms with E-state index in [4.69, 9.17) is 4.74 Å². The van der Waals surface area contributed by atoms with Crippen molar-refractivity contribution in [2.24, 2.45) is 5.92 Å². The predicted molar refractivity (Wildman–Crippen MR) is 157 cm³/mol. The van der Waals surface area contributed by atoms with Crippen LogP contribution in [0.1, 0.15) is 25.7 Å². The number of halogens is 1. The van der Waals surface area contributed by atoms with E-state index in [0.717, 1.165) is 86.0 Å². The molecule has 0 N–H and O–H groups in total. The number of hydrogen-bond donors (Lipinski definition) is 0. The molecule has 4 aromatic rings. The summed E-state index contributed by atoms with van der Waals surface area (Å²) in [5.41, 5.74) is 2.43. The molecule has 1 saturated heterocycles. The number of hydrogen-bond acceptors (Lipinski definition) is 7. The van der Waals surface area contributed by atoms with E-state index in [9.17, 15) is 4.79 Å². The van der Waals surface area contributed by atoms with E-state index in [1.165, 1.54) is 12.8 Å². The maximum absolute atomic E-state index is 12.9. The summed E-state index contributed by atoms with van der Waals surface area (Å²) >= 11 is 0. The van der Waals surface area contributed by atoms with Gasteiger partial charge in [-0.05, 0) is 62.4 Å². The Kier molecular flexibility index (Phi) is 8.74. The van der Waals surface area contributed by atoms with Gasteiger partial charge in [0, 0.05) is 56.1 Å². The smallest absolute Gasteiger partial charge is 0.348 e. The van der Waals surface area contributed by atoms with Crippen molar-refractivity contribution in [3.05, 3.63) is 77.5 Å². The second-order valence-electron chi connectivity index (χ2n) is 10.3. The van der Waals surface area contributed by atoms with Gasteiger partial charge in [0.2, 0.25) is 5.95 Å². The monoisotopic (exact) mass is 546 g/mol. The predicted octanol–water partition coefficient (Wildman–Crippen LogP) is 4.67. The van der Waals surface area contributed by atoms with E-state index >= 15 is 0 Å².